The van der Waals surface area contributed by atoms with Crippen LogP contribution in [0.1, 0.15) is 19.4 Å². The number of Topliss-reactive ketones (excluding diaryl/α,β-unsaturated/α-hetero) is 1. The van der Waals surface area contributed by atoms with E-state index >= 15 is 0 Å². The number of fused-ring (bicyclic) bond motifs is 1. The molecular formula is C21H22O5. The third kappa shape index (κ3) is 3.58. The van der Waals surface area contributed by atoms with Crippen molar-refractivity contribution in [2.45, 2.75) is 25.6 Å². The van der Waals surface area contributed by atoms with E-state index in [1.54, 1.807) is 36.4 Å². The van der Waals surface area contributed by atoms with Crippen molar-refractivity contribution in [3.05, 3.63) is 71.2 Å². The first-order valence-electron chi connectivity index (χ1n) is 8.38. The number of carbonyl (C=O) groups excluding carboxylic acids is 1. The quantitative estimate of drug-likeness (QED) is 0.492. The van der Waals surface area contributed by atoms with Gasteiger partial charge in [0.1, 0.15) is 22.8 Å². The zero-order chi connectivity index (χ0) is 18.9. The summed E-state index contributed by atoms with van der Waals surface area (Å²) in [5, 5.41) is 19.8. The predicted octanol–water partition coefficient (Wildman–Crippen LogP) is 3.68. The zero-order valence-electron chi connectivity index (χ0n) is 15.0. The van der Waals surface area contributed by atoms with Gasteiger partial charge in [-0.2, -0.15) is 0 Å². The van der Waals surface area contributed by atoms with E-state index in [0.717, 1.165) is 5.56 Å². The monoisotopic (exact) mass is 354 g/mol. The van der Waals surface area contributed by atoms with E-state index in [9.17, 15) is 15.0 Å². The van der Waals surface area contributed by atoms with E-state index in [4.69, 9.17) is 9.47 Å². The molecule has 5 nitrogen and oxygen atoms in total. The number of hydrogen-bond donors (Lipinski definition) is 2. The summed E-state index contributed by atoms with van der Waals surface area (Å²) in [6.45, 7) is 3.85. The molecule has 1 aromatic carbocycles. The van der Waals surface area contributed by atoms with Crippen molar-refractivity contribution in [3.63, 3.8) is 0 Å². The first-order valence-corrected chi connectivity index (χ1v) is 8.38. The second-order valence-corrected chi connectivity index (χ2v) is 6.86. The van der Waals surface area contributed by atoms with Crippen LogP contribution in [-0.4, -0.2) is 34.8 Å². The maximum atomic E-state index is 12.9. The molecule has 0 saturated carbocycles. The maximum absolute atomic E-state index is 12.9. The smallest absolute Gasteiger partial charge is 0.180 e. The van der Waals surface area contributed by atoms with Crippen LogP contribution in [-0.2, 0) is 14.3 Å². The van der Waals surface area contributed by atoms with Gasteiger partial charge in [-0.1, -0.05) is 30.4 Å². The summed E-state index contributed by atoms with van der Waals surface area (Å²) >= 11 is 0. The van der Waals surface area contributed by atoms with Crippen molar-refractivity contribution < 1.29 is 24.5 Å². The Hall–Kier alpha value is -2.79. The number of carbonyl (C=O) groups is 1. The highest BCUT2D eigenvalue weighted by Gasteiger charge is 2.41. The van der Waals surface area contributed by atoms with Gasteiger partial charge in [0.2, 0.25) is 0 Å². The number of aliphatic hydroxyl groups is 1. The highest BCUT2D eigenvalue weighted by molar-refractivity contribution is 6.04. The molecule has 2 N–H and O–H groups in total. The fourth-order valence-corrected chi connectivity index (χ4v) is 3.07. The number of allylic oxidation sites excluding steroid dienone is 2. The van der Waals surface area contributed by atoms with Gasteiger partial charge in [-0.3, -0.25) is 4.79 Å². The summed E-state index contributed by atoms with van der Waals surface area (Å²) < 4.78 is 11.3. The van der Waals surface area contributed by atoms with Crippen molar-refractivity contribution in [2.75, 3.05) is 7.11 Å². The normalized spacial score (nSPS) is 26.4. The molecule has 0 unspecified atom stereocenters. The first-order chi connectivity index (χ1) is 12.3. The molecule has 3 rings (SSSR count). The summed E-state index contributed by atoms with van der Waals surface area (Å²) in [5.41, 5.74) is 0.456. The lowest BCUT2D eigenvalue weighted by Gasteiger charge is -2.37. The number of benzene rings is 1. The molecule has 0 aromatic heterocycles. The van der Waals surface area contributed by atoms with Gasteiger partial charge in [-0.05, 0) is 43.7 Å². The minimum absolute atomic E-state index is 0.136. The Morgan fingerprint density at radius 3 is 2.62 bits per heavy atom. The van der Waals surface area contributed by atoms with Crippen molar-refractivity contribution in [2.24, 2.45) is 5.92 Å². The number of ketones is 1. The number of aliphatic hydroxyl groups excluding tert-OH is 1. The van der Waals surface area contributed by atoms with Crippen LogP contribution in [0.5, 0.6) is 5.75 Å². The largest absolute Gasteiger partial charge is 0.508 e. The highest BCUT2D eigenvalue weighted by atomic mass is 16.5. The van der Waals surface area contributed by atoms with Crippen LogP contribution in [0.2, 0.25) is 0 Å². The Morgan fingerprint density at radius 2 is 1.96 bits per heavy atom. The van der Waals surface area contributed by atoms with E-state index in [2.05, 4.69) is 0 Å². The predicted molar refractivity (Wildman–Crippen MR) is 98.5 cm³/mol. The standard InChI is InChI=1S/C21H22O5/c1-21(2)11-10-15-17(26-21)12-18(25-3)19(20(15)24)16(23)9-6-13-4-7-14(22)8-5-13/h4-12,15,17,22-23H,1-3H3/b9-6+,19-16?/t15-,17+/m1/s1. The average Bonchev–Trinajstić information content (AvgIpc) is 2.59. The van der Waals surface area contributed by atoms with E-state index in [1.165, 1.54) is 13.2 Å². The lowest BCUT2D eigenvalue weighted by Crippen LogP contribution is -2.42. The lowest BCUT2D eigenvalue weighted by atomic mass is 9.81. The highest BCUT2D eigenvalue weighted by Crippen LogP contribution is 2.36. The van der Waals surface area contributed by atoms with Gasteiger partial charge in [0.15, 0.2) is 5.78 Å². The van der Waals surface area contributed by atoms with Crippen molar-refractivity contribution >= 4 is 11.9 Å². The molecule has 26 heavy (non-hydrogen) atoms. The number of hydrogen-bond acceptors (Lipinski definition) is 5. The van der Waals surface area contributed by atoms with Gasteiger partial charge in [0.25, 0.3) is 0 Å². The minimum Gasteiger partial charge on any atom is -0.508 e. The van der Waals surface area contributed by atoms with Crippen LogP contribution in [0.15, 0.2) is 65.7 Å². The number of phenols is 1. The van der Waals surface area contributed by atoms with Crippen LogP contribution in [0.25, 0.3) is 6.08 Å². The molecule has 0 fully saturated rings. The Morgan fingerprint density at radius 1 is 1.27 bits per heavy atom. The van der Waals surface area contributed by atoms with Crippen LogP contribution < -0.4 is 0 Å². The fourth-order valence-electron chi connectivity index (χ4n) is 3.07. The molecule has 2 aliphatic rings. The van der Waals surface area contributed by atoms with Gasteiger partial charge < -0.3 is 19.7 Å². The summed E-state index contributed by atoms with van der Waals surface area (Å²) in [4.78, 5) is 12.9. The second-order valence-electron chi connectivity index (χ2n) is 6.86. The molecule has 1 aliphatic heterocycles. The van der Waals surface area contributed by atoms with Crippen LogP contribution in [0, 0.1) is 5.92 Å². The molecule has 2 atom stereocenters. The topological polar surface area (TPSA) is 76.0 Å². The van der Waals surface area contributed by atoms with Gasteiger partial charge >= 0.3 is 0 Å². The number of ether oxygens (including phenoxy) is 2. The Labute approximate surface area is 152 Å². The molecule has 1 aromatic rings. The second kappa shape index (κ2) is 6.84. The third-order valence-corrected chi connectivity index (χ3v) is 4.41. The molecule has 0 bridgehead atoms. The number of methoxy groups -OCH3 is 1. The van der Waals surface area contributed by atoms with Crippen LogP contribution in [0.3, 0.4) is 0 Å². The molecular weight excluding hydrogens is 332 g/mol. The molecule has 136 valence electrons. The first kappa shape index (κ1) is 18.0. The van der Waals surface area contributed by atoms with E-state index in [-0.39, 0.29) is 22.9 Å². The number of phenolic OH excluding ortho intramolecular Hbond substituents is 1. The van der Waals surface area contributed by atoms with Gasteiger partial charge in [0, 0.05) is 0 Å². The molecule has 0 radical (unpaired) electrons. The number of rotatable bonds is 3. The maximum Gasteiger partial charge on any atom is 0.180 e. The summed E-state index contributed by atoms with van der Waals surface area (Å²) in [6, 6.07) is 6.50. The molecule has 0 amide bonds. The summed E-state index contributed by atoms with van der Waals surface area (Å²) in [5.74, 6) is -0.437. The van der Waals surface area contributed by atoms with Gasteiger partial charge in [0.05, 0.1) is 24.7 Å². The lowest BCUT2D eigenvalue weighted by molar-refractivity contribution is -0.126. The molecule has 0 saturated heterocycles. The zero-order valence-corrected chi connectivity index (χ0v) is 15.0. The SMILES string of the molecule is COC1=C[C@@H]2OC(C)(C)C=C[C@H]2C(=O)C1=C(O)/C=C/c1ccc(O)cc1. The Balaban J connectivity index is 1.95. The Bertz CT molecular complexity index is 824. The van der Waals surface area contributed by atoms with Crippen LogP contribution in [0.4, 0.5) is 0 Å². The summed E-state index contributed by atoms with van der Waals surface area (Å²) in [6.07, 6.45) is 8.11. The van der Waals surface area contributed by atoms with Gasteiger partial charge in [-0.25, -0.2) is 0 Å². The average molecular weight is 354 g/mol. The third-order valence-electron chi connectivity index (χ3n) is 4.41. The molecule has 5 heteroatoms. The van der Waals surface area contributed by atoms with E-state index < -0.39 is 17.6 Å². The van der Waals surface area contributed by atoms with Crippen molar-refractivity contribution in [3.8, 4) is 5.75 Å². The Kier molecular flexibility index (Phi) is 4.74. The minimum atomic E-state index is -0.485. The van der Waals surface area contributed by atoms with E-state index in [0.29, 0.717) is 5.76 Å². The summed E-state index contributed by atoms with van der Waals surface area (Å²) in [7, 11) is 1.46. The molecule has 1 aliphatic carbocycles. The van der Waals surface area contributed by atoms with Crippen LogP contribution >= 0.6 is 0 Å². The fraction of sp³-hybridized carbons (Fsp3) is 0.286. The van der Waals surface area contributed by atoms with E-state index in [1.807, 2.05) is 26.0 Å². The molecule has 0 spiro atoms. The van der Waals surface area contributed by atoms with Crippen molar-refractivity contribution in [1.82, 2.24) is 0 Å². The van der Waals surface area contributed by atoms with Crippen molar-refractivity contribution in [1.29, 1.82) is 0 Å². The number of aromatic hydroxyl groups is 1. The molecule has 1 heterocycles. The van der Waals surface area contributed by atoms with Gasteiger partial charge in [-0.15, -0.1) is 0 Å².